The van der Waals surface area contributed by atoms with E-state index in [0.29, 0.717) is 5.56 Å². The molecule has 0 radical (unpaired) electrons. The molecule has 23 heavy (non-hydrogen) atoms. The summed E-state index contributed by atoms with van der Waals surface area (Å²) in [4.78, 5) is 23.9. The van der Waals surface area contributed by atoms with Crippen molar-refractivity contribution in [3.8, 4) is 0 Å². The quantitative estimate of drug-likeness (QED) is 0.858. The number of ether oxygens (including phenoxy) is 1. The Kier molecular flexibility index (Phi) is 5.36. The number of carboxylic acids is 1. The molecule has 1 atom stereocenters. The standard InChI is InChI=1S/C18H19NO4/c1-2-18(16(20)21,15-11-7-4-8-12-15)19-17(22)23-13-14-9-5-3-6-10-14/h3-12H,2,13H2,1H3,(H,19,22)(H,20,21)/t18-/m0/s1. The van der Waals surface area contributed by atoms with Gasteiger partial charge < -0.3 is 15.2 Å². The first-order chi connectivity index (χ1) is 11.1. The molecule has 0 heterocycles. The van der Waals surface area contributed by atoms with Gasteiger partial charge in [0.1, 0.15) is 6.61 Å². The first kappa shape index (κ1) is 16.5. The van der Waals surface area contributed by atoms with Crippen LogP contribution in [0.1, 0.15) is 24.5 Å². The number of hydrogen-bond donors (Lipinski definition) is 2. The largest absolute Gasteiger partial charge is 0.479 e. The molecular weight excluding hydrogens is 294 g/mol. The molecule has 2 aromatic rings. The number of carboxylic acid groups (broad SMARTS) is 1. The SMILES string of the molecule is CC[C@@](NC(=O)OCc1ccccc1)(C(=O)O)c1ccccc1. The third kappa shape index (κ3) is 3.88. The molecule has 0 aliphatic heterocycles. The fraction of sp³-hybridized carbons (Fsp3) is 0.222. The smallest absolute Gasteiger partial charge is 0.408 e. The second kappa shape index (κ2) is 7.45. The molecule has 0 unspecified atom stereocenters. The predicted octanol–water partition coefficient (Wildman–Crippen LogP) is 3.30. The summed E-state index contributed by atoms with van der Waals surface area (Å²) in [6.45, 7) is 1.79. The van der Waals surface area contributed by atoms with Crippen molar-refractivity contribution in [3.05, 3.63) is 71.8 Å². The summed E-state index contributed by atoms with van der Waals surface area (Å²) >= 11 is 0. The zero-order valence-electron chi connectivity index (χ0n) is 12.9. The minimum Gasteiger partial charge on any atom is -0.479 e. The zero-order valence-corrected chi connectivity index (χ0v) is 12.9. The molecule has 0 fully saturated rings. The monoisotopic (exact) mass is 313 g/mol. The van der Waals surface area contributed by atoms with Crippen LogP contribution >= 0.6 is 0 Å². The van der Waals surface area contributed by atoms with Crippen LogP contribution in [0.4, 0.5) is 4.79 Å². The summed E-state index contributed by atoms with van der Waals surface area (Å²) < 4.78 is 5.14. The fourth-order valence-electron chi connectivity index (χ4n) is 2.35. The molecule has 0 bridgehead atoms. The van der Waals surface area contributed by atoms with Gasteiger partial charge in [-0.15, -0.1) is 0 Å². The average molecular weight is 313 g/mol. The molecule has 0 spiro atoms. The lowest BCUT2D eigenvalue weighted by atomic mass is 9.87. The molecule has 1 amide bonds. The van der Waals surface area contributed by atoms with Gasteiger partial charge in [0.25, 0.3) is 0 Å². The average Bonchev–Trinajstić information content (AvgIpc) is 2.59. The van der Waals surface area contributed by atoms with Crippen LogP contribution in [-0.2, 0) is 21.7 Å². The second-order valence-corrected chi connectivity index (χ2v) is 5.12. The van der Waals surface area contributed by atoms with Gasteiger partial charge in [-0.1, -0.05) is 67.6 Å². The lowest BCUT2D eigenvalue weighted by Crippen LogP contribution is -2.51. The van der Waals surface area contributed by atoms with E-state index in [-0.39, 0.29) is 13.0 Å². The fourth-order valence-corrected chi connectivity index (χ4v) is 2.35. The molecule has 2 rings (SSSR count). The number of carbonyl (C=O) groups excluding carboxylic acids is 1. The Hall–Kier alpha value is -2.82. The van der Waals surface area contributed by atoms with Crippen molar-refractivity contribution < 1.29 is 19.4 Å². The number of nitrogens with one attached hydrogen (secondary N) is 1. The number of carbonyl (C=O) groups is 2. The van der Waals surface area contributed by atoms with Crippen LogP contribution in [0.25, 0.3) is 0 Å². The highest BCUT2D eigenvalue weighted by Gasteiger charge is 2.40. The molecule has 2 N–H and O–H groups in total. The molecular formula is C18H19NO4. The normalized spacial score (nSPS) is 12.9. The van der Waals surface area contributed by atoms with Gasteiger partial charge in [0, 0.05) is 0 Å². The Morgan fingerprint density at radius 2 is 1.61 bits per heavy atom. The third-order valence-corrected chi connectivity index (χ3v) is 3.69. The molecule has 0 aliphatic carbocycles. The summed E-state index contributed by atoms with van der Waals surface area (Å²) in [7, 11) is 0. The highest BCUT2D eigenvalue weighted by Crippen LogP contribution is 2.25. The molecule has 0 saturated heterocycles. The van der Waals surface area contributed by atoms with Crippen LogP contribution in [0.3, 0.4) is 0 Å². The lowest BCUT2D eigenvalue weighted by molar-refractivity contribution is -0.145. The topological polar surface area (TPSA) is 75.6 Å². The molecule has 0 aromatic heterocycles. The van der Waals surface area contributed by atoms with E-state index in [0.717, 1.165) is 5.56 Å². The number of amides is 1. The Morgan fingerprint density at radius 3 is 2.13 bits per heavy atom. The van der Waals surface area contributed by atoms with Crippen molar-refractivity contribution >= 4 is 12.1 Å². The van der Waals surface area contributed by atoms with Gasteiger partial charge in [-0.3, -0.25) is 0 Å². The van der Waals surface area contributed by atoms with Crippen molar-refractivity contribution in [2.24, 2.45) is 0 Å². The van der Waals surface area contributed by atoms with Crippen molar-refractivity contribution in [2.45, 2.75) is 25.5 Å². The van der Waals surface area contributed by atoms with Crippen LogP contribution in [0.5, 0.6) is 0 Å². The maximum atomic E-state index is 12.1. The molecule has 5 heteroatoms. The maximum absolute atomic E-state index is 12.1. The van der Waals surface area contributed by atoms with E-state index in [1.54, 1.807) is 37.3 Å². The maximum Gasteiger partial charge on any atom is 0.408 e. The summed E-state index contributed by atoms with van der Waals surface area (Å²) in [5.74, 6) is -1.12. The van der Waals surface area contributed by atoms with Gasteiger partial charge in [0.05, 0.1) is 0 Å². The van der Waals surface area contributed by atoms with Gasteiger partial charge >= 0.3 is 12.1 Å². The first-order valence-electron chi connectivity index (χ1n) is 7.36. The first-order valence-corrected chi connectivity index (χ1v) is 7.36. The number of alkyl carbamates (subject to hydrolysis) is 1. The number of rotatable bonds is 6. The van der Waals surface area contributed by atoms with E-state index < -0.39 is 17.6 Å². The molecule has 0 aliphatic rings. The van der Waals surface area contributed by atoms with Crippen LogP contribution in [0.2, 0.25) is 0 Å². The number of aliphatic carboxylic acids is 1. The Balaban J connectivity index is 2.12. The minimum absolute atomic E-state index is 0.0842. The Bertz CT molecular complexity index is 657. The Labute approximate surface area is 134 Å². The molecule has 2 aromatic carbocycles. The van der Waals surface area contributed by atoms with Crippen LogP contribution in [-0.4, -0.2) is 17.2 Å². The van der Waals surface area contributed by atoms with Crippen LogP contribution in [0.15, 0.2) is 60.7 Å². The van der Waals surface area contributed by atoms with E-state index in [2.05, 4.69) is 5.32 Å². The zero-order chi connectivity index (χ0) is 16.7. The van der Waals surface area contributed by atoms with Gasteiger partial charge in [-0.2, -0.15) is 0 Å². The lowest BCUT2D eigenvalue weighted by Gasteiger charge is -2.29. The minimum atomic E-state index is -1.50. The molecule has 5 nitrogen and oxygen atoms in total. The summed E-state index contributed by atoms with van der Waals surface area (Å²) in [6, 6.07) is 17.8. The van der Waals surface area contributed by atoms with Crippen LogP contribution < -0.4 is 5.32 Å². The van der Waals surface area contributed by atoms with E-state index in [1.165, 1.54) is 0 Å². The summed E-state index contributed by atoms with van der Waals surface area (Å²) in [5, 5.41) is 12.1. The van der Waals surface area contributed by atoms with Gasteiger partial charge in [-0.05, 0) is 17.5 Å². The van der Waals surface area contributed by atoms with Crippen molar-refractivity contribution in [1.29, 1.82) is 0 Å². The molecule has 120 valence electrons. The number of benzene rings is 2. The number of hydrogen-bond acceptors (Lipinski definition) is 3. The van der Waals surface area contributed by atoms with E-state index >= 15 is 0 Å². The van der Waals surface area contributed by atoms with Gasteiger partial charge in [0.2, 0.25) is 0 Å². The summed E-state index contributed by atoms with van der Waals surface area (Å²) in [6.07, 6.45) is -0.561. The summed E-state index contributed by atoms with van der Waals surface area (Å²) in [5.41, 5.74) is -0.166. The molecule has 0 saturated carbocycles. The van der Waals surface area contributed by atoms with Crippen molar-refractivity contribution in [1.82, 2.24) is 5.32 Å². The second-order valence-electron chi connectivity index (χ2n) is 5.12. The van der Waals surface area contributed by atoms with Crippen molar-refractivity contribution in [3.63, 3.8) is 0 Å². The predicted molar refractivity (Wildman–Crippen MR) is 85.8 cm³/mol. The van der Waals surface area contributed by atoms with Gasteiger partial charge in [-0.25, -0.2) is 9.59 Å². The van der Waals surface area contributed by atoms with E-state index in [1.807, 2.05) is 30.3 Å². The van der Waals surface area contributed by atoms with E-state index in [9.17, 15) is 14.7 Å². The third-order valence-electron chi connectivity index (χ3n) is 3.69. The highest BCUT2D eigenvalue weighted by molar-refractivity contribution is 5.85. The van der Waals surface area contributed by atoms with Crippen LogP contribution in [0, 0.1) is 0 Å². The highest BCUT2D eigenvalue weighted by atomic mass is 16.5. The Morgan fingerprint density at radius 1 is 1.04 bits per heavy atom. The van der Waals surface area contributed by atoms with Crippen molar-refractivity contribution in [2.75, 3.05) is 0 Å². The van der Waals surface area contributed by atoms with Gasteiger partial charge in [0.15, 0.2) is 5.54 Å². The van der Waals surface area contributed by atoms with E-state index in [4.69, 9.17) is 4.74 Å².